The van der Waals surface area contributed by atoms with Crippen molar-refractivity contribution in [2.24, 2.45) is 0 Å². The Bertz CT molecular complexity index is 387. The van der Waals surface area contributed by atoms with Gasteiger partial charge in [0.25, 0.3) is 11.8 Å². The maximum Gasteiger partial charge on any atom is 0.258 e. The van der Waals surface area contributed by atoms with Gasteiger partial charge in [0, 0.05) is 0 Å². The molecule has 0 bridgehead atoms. The van der Waals surface area contributed by atoms with Crippen molar-refractivity contribution < 1.29 is 9.59 Å². The Labute approximate surface area is 72.2 Å². The zero-order valence-electron chi connectivity index (χ0n) is 6.05. The minimum absolute atomic E-state index is 0.318. The first-order valence-corrected chi connectivity index (χ1v) is 3.90. The highest BCUT2D eigenvalue weighted by atomic mass is 28.1. The molecule has 0 fully saturated rings. The van der Waals surface area contributed by atoms with Gasteiger partial charge in [0.05, 0.1) is 21.4 Å². The highest BCUT2D eigenvalue weighted by Crippen LogP contribution is 2.12. The first-order valence-electron chi connectivity index (χ1n) is 3.40. The Morgan fingerprint density at radius 3 is 2.50 bits per heavy atom. The normalized spacial score (nSPS) is 14.4. The maximum absolute atomic E-state index is 11.1. The lowest BCUT2D eigenvalue weighted by atomic mass is 10.1. The van der Waals surface area contributed by atoms with Gasteiger partial charge in [-0.2, -0.15) is 0 Å². The molecule has 1 aromatic carbocycles. The van der Waals surface area contributed by atoms with Crippen LogP contribution in [-0.4, -0.2) is 22.1 Å². The van der Waals surface area contributed by atoms with Crippen LogP contribution in [0.15, 0.2) is 18.2 Å². The lowest BCUT2D eigenvalue weighted by Gasteiger charge is -1.94. The quantitative estimate of drug-likeness (QED) is 0.420. The maximum atomic E-state index is 11.1. The SMILES string of the molecule is O=C1NC(=O)c2cc([Si])ccc21. The summed E-state index contributed by atoms with van der Waals surface area (Å²) >= 11 is 0. The van der Waals surface area contributed by atoms with Gasteiger partial charge in [-0.25, -0.2) is 0 Å². The number of hydrogen-bond acceptors (Lipinski definition) is 2. The highest BCUT2D eigenvalue weighted by molar-refractivity contribution is 6.34. The molecule has 4 heteroatoms. The van der Waals surface area contributed by atoms with Crippen molar-refractivity contribution in [1.82, 2.24) is 5.32 Å². The summed E-state index contributed by atoms with van der Waals surface area (Å²) in [4.78, 5) is 22.1. The Morgan fingerprint density at radius 1 is 1.08 bits per heavy atom. The van der Waals surface area contributed by atoms with Crippen LogP contribution in [0.25, 0.3) is 0 Å². The largest absolute Gasteiger partial charge is 0.288 e. The molecule has 0 unspecified atom stereocenters. The minimum atomic E-state index is -0.324. The molecule has 0 saturated carbocycles. The molecule has 12 heavy (non-hydrogen) atoms. The van der Waals surface area contributed by atoms with Crippen molar-refractivity contribution >= 4 is 27.2 Å². The lowest BCUT2D eigenvalue weighted by Crippen LogP contribution is -2.20. The Balaban J connectivity index is 2.68. The summed E-state index contributed by atoms with van der Waals surface area (Å²) in [6.07, 6.45) is 0. The van der Waals surface area contributed by atoms with E-state index in [4.69, 9.17) is 0 Å². The molecule has 2 rings (SSSR count). The fraction of sp³-hybridized carbons (Fsp3) is 0. The van der Waals surface area contributed by atoms with E-state index < -0.39 is 0 Å². The molecule has 1 N–H and O–H groups in total. The summed E-state index contributed by atoms with van der Waals surface area (Å²) < 4.78 is 0. The molecule has 3 nitrogen and oxygen atoms in total. The second-order valence-electron chi connectivity index (χ2n) is 2.54. The molecule has 1 aromatic rings. The second-order valence-corrected chi connectivity index (χ2v) is 3.12. The monoisotopic (exact) mass is 174 g/mol. The van der Waals surface area contributed by atoms with Gasteiger partial charge < -0.3 is 0 Å². The zero-order valence-corrected chi connectivity index (χ0v) is 7.05. The van der Waals surface area contributed by atoms with Crippen molar-refractivity contribution in [2.75, 3.05) is 0 Å². The fourth-order valence-electron chi connectivity index (χ4n) is 1.17. The van der Waals surface area contributed by atoms with E-state index in [1.807, 2.05) is 0 Å². The average Bonchev–Trinajstić information content (AvgIpc) is 2.28. The molecule has 0 atom stereocenters. The van der Waals surface area contributed by atoms with E-state index in [1.54, 1.807) is 18.2 Å². The zero-order chi connectivity index (χ0) is 8.72. The van der Waals surface area contributed by atoms with Crippen molar-refractivity contribution in [1.29, 1.82) is 0 Å². The number of nitrogens with one attached hydrogen (secondary N) is 1. The molecule has 1 aliphatic rings. The van der Waals surface area contributed by atoms with Gasteiger partial charge in [-0.05, 0) is 6.07 Å². The molecular formula is C8H4NO2Si. The van der Waals surface area contributed by atoms with Gasteiger partial charge in [-0.15, -0.1) is 0 Å². The van der Waals surface area contributed by atoms with E-state index in [9.17, 15) is 9.59 Å². The van der Waals surface area contributed by atoms with E-state index in [1.165, 1.54) is 0 Å². The summed E-state index contributed by atoms with van der Waals surface area (Å²) in [6.45, 7) is 0. The second kappa shape index (κ2) is 2.28. The number of rotatable bonds is 0. The van der Waals surface area contributed by atoms with Gasteiger partial charge >= 0.3 is 0 Å². The third-order valence-electron chi connectivity index (χ3n) is 1.74. The summed E-state index contributed by atoms with van der Waals surface area (Å²) in [7, 11) is 3.27. The molecule has 0 aromatic heterocycles. The van der Waals surface area contributed by atoms with Crippen molar-refractivity contribution in [2.45, 2.75) is 0 Å². The number of imide groups is 1. The average molecular weight is 174 g/mol. The Morgan fingerprint density at radius 2 is 1.75 bits per heavy atom. The van der Waals surface area contributed by atoms with Crippen LogP contribution in [0, 0.1) is 0 Å². The Hall–Kier alpha value is -1.42. The number of carbonyl (C=O) groups is 2. The summed E-state index contributed by atoms with van der Waals surface area (Å²) in [5, 5.41) is 3.00. The predicted octanol–water partition coefficient (Wildman–Crippen LogP) is -0.636. The molecule has 1 aliphatic heterocycles. The van der Waals surface area contributed by atoms with E-state index in [0.717, 1.165) is 5.19 Å². The van der Waals surface area contributed by atoms with E-state index >= 15 is 0 Å². The van der Waals surface area contributed by atoms with Crippen molar-refractivity contribution in [3.63, 3.8) is 0 Å². The van der Waals surface area contributed by atoms with Crippen molar-refractivity contribution in [3.8, 4) is 0 Å². The van der Waals surface area contributed by atoms with Crippen molar-refractivity contribution in [3.05, 3.63) is 29.3 Å². The van der Waals surface area contributed by atoms with Crippen LogP contribution in [0.5, 0.6) is 0 Å². The van der Waals surface area contributed by atoms with Crippen LogP contribution in [0.4, 0.5) is 0 Å². The van der Waals surface area contributed by atoms with Crippen LogP contribution in [0.3, 0.4) is 0 Å². The number of carbonyl (C=O) groups excluding carboxylic acids is 2. The van der Waals surface area contributed by atoms with Crippen LogP contribution >= 0.6 is 0 Å². The molecule has 0 saturated heterocycles. The van der Waals surface area contributed by atoms with Crippen LogP contribution in [-0.2, 0) is 0 Å². The molecule has 3 radical (unpaired) electrons. The summed E-state index contributed by atoms with van der Waals surface area (Å²) in [6, 6.07) is 4.98. The smallest absolute Gasteiger partial charge is 0.258 e. The standard InChI is InChI=1S/C8H4NO2Si/c10-7-5-2-1-4(12)3-6(5)8(11)9-7/h1-3H,(H,9,10,11). The molecule has 0 aliphatic carbocycles. The molecular weight excluding hydrogens is 170 g/mol. The molecule has 0 spiro atoms. The van der Waals surface area contributed by atoms with Gasteiger partial charge in [0.1, 0.15) is 0 Å². The first-order chi connectivity index (χ1) is 5.68. The van der Waals surface area contributed by atoms with Gasteiger partial charge in [-0.3, -0.25) is 14.9 Å². The Kier molecular flexibility index (Phi) is 1.38. The number of fused-ring (bicyclic) bond motifs is 1. The number of hydrogen-bond donors (Lipinski definition) is 1. The topological polar surface area (TPSA) is 46.2 Å². The summed E-state index contributed by atoms with van der Waals surface area (Å²) in [5.74, 6) is -0.642. The third kappa shape index (κ3) is 0.886. The van der Waals surface area contributed by atoms with Gasteiger partial charge in [0.2, 0.25) is 0 Å². The minimum Gasteiger partial charge on any atom is -0.288 e. The van der Waals surface area contributed by atoms with Crippen LogP contribution in [0.1, 0.15) is 20.7 Å². The van der Waals surface area contributed by atoms with Crippen LogP contribution < -0.4 is 10.5 Å². The van der Waals surface area contributed by atoms with E-state index in [2.05, 4.69) is 15.6 Å². The number of benzene rings is 1. The molecule has 1 heterocycles. The van der Waals surface area contributed by atoms with E-state index in [-0.39, 0.29) is 11.8 Å². The molecule has 2 amide bonds. The summed E-state index contributed by atoms with van der Waals surface area (Å²) in [5.41, 5.74) is 0.884. The predicted molar refractivity (Wildman–Crippen MR) is 43.6 cm³/mol. The lowest BCUT2D eigenvalue weighted by molar-refractivity contribution is 0.0879. The number of amides is 2. The van der Waals surface area contributed by atoms with Crippen LogP contribution in [0.2, 0.25) is 0 Å². The van der Waals surface area contributed by atoms with Gasteiger partial charge in [-0.1, -0.05) is 17.3 Å². The fourth-order valence-corrected chi connectivity index (χ4v) is 1.40. The third-order valence-corrected chi connectivity index (χ3v) is 2.05. The first kappa shape index (κ1) is 7.24. The van der Waals surface area contributed by atoms with Gasteiger partial charge in [0.15, 0.2) is 0 Å². The molecule has 57 valence electrons. The van der Waals surface area contributed by atoms with E-state index in [0.29, 0.717) is 11.1 Å². The highest BCUT2D eigenvalue weighted by Gasteiger charge is 2.25.